The molecule has 0 aliphatic carbocycles. The van der Waals surface area contributed by atoms with Crippen molar-refractivity contribution in [2.75, 3.05) is 7.11 Å². The smallest absolute Gasteiger partial charge is 0.174 e. The molecule has 3 aromatic rings. The van der Waals surface area contributed by atoms with Crippen molar-refractivity contribution in [3.05, 3.63) is 79.1 Å². The van der Waals surface area contributed by atoms with Gasteiger partial charge < -0.3 is 9.30 Å². The van der Waals surface area contributed by atoms with Crippen LogP contribution in [0.4, 0.5) is 0 Å². The minimum Gasteiger partial charge on any atom is -0.494 e. The summed E-state index contributed by atoms with van der Waals surface area (Å²) in [5.74, 6) is 0.540. The predicted molar refractivity (Wildman–Crippen MR) is 90.2 cm³/mol. The van der Waals surface area contributed by atoms with Crippen LogP contribution < -0.4 is 20.7 Å². The quantitative estimate of drug-likeness (QED) is 0.696. The summed E-state index contributed by atoms with van der Waals surface area (Å²) in [5, 5.41) is 2.24. The second-order valence-corrected chi connectivity index (χ2v) is 7.56. The second-order valence-electron chi connectivity index (χ2n) is 4.83. The highest BCUT2D eigenvalue weighted by atomic mass is 31.2. The summed E-state index contributed by atoms with van der Waals surface area (Å²) in [7, 11) is -1.43. The maximum absolute atomic E-state index is 14.1. The van der Waals surface area contributed by atoms with Crippen LogP contribution in [0.25, 0.3) is 0 Å². The predicted octanol–water partition coefficient (Wildman–Crippen LogP) is 2.73. The third-order valence-corrected chi connectivity index (χ3v) is 6.66. The van der Waals surface area contributed by atoms with E-state index in [9.17, 15) is 4.57 Å². The highest BCUT2D eigenvalue weighted by Gasteiger charge is 2.32. The van der Waals surface area contributed by atoms with Gasteiger partial charge in [0.2, 0.25) is 0 Å². The largest absolute Gasteiger partial charge is 0.494 e. The Kier molecular flexibility index (Phi) is 4.08. The fourth-order valence-corrected chi connectivity index (χ4v) is 5.27. The van der Waals surface area contributed by atoms with Crippen LogP contribution in [0.3, 0.4) is 0 Å². The van der Waals surface area contributed by atoms with Gasteiger partial charge in [0.25, 0.3) is 0 Å². The number of aromatic nitrogens is 1. The Morgan fingerprint density at radius 3 is 1.91 bits per heavy atom. The number of hydrogen-bond donors (Lipinski definition) is 0. The molecule has 4 heteroatoms. The molecule has 0 bridgehead atoms. The zero-order chi connectivity index (χ0) is 15.4. The Balaban J connectivity index is 2.32. The van der Waals surface area contributed by atoms with Crippen LogP contribution in [0.5, 0.6) is 5.75 Å². The van der Waals surface area contributed by atoms with Gasteiger partial charge in [0.1, 0.15) is 5.75 Å². The van der Waals surface area contributed by atoms with Crippen LogP contribution in [0.1, 0.15) is 0 Å². The van der Waals surface area contributed by atoms with E-state index >= 15 is 0 Å². The summed E-state index contributed by atoms with van der Waals surface area (Å²) in [4.78, 5) is 4.07. The van der Waals surface area contributed by atoms with Crippen molar-refractivity contribution in [1.82, 2.24) is 4.98 Å². The third kappa shape index (κ3) is 2.44. The van der Waals surface area contributed by atoms with Gasteiger partial charge in [0.15, 0.2) is 7.14 Å². The number of rotatable bonds is 4. The Morgan fingerprint density at radius 2 is 1.41 bits per heavy atom. The molecule has 3 rings (SSSR count). The molecule has 22 heavy (non-hydrogen) atoms. The highest BCUT2D eigenvalue weighted by molar-refractivity contribution is 7.85. The van der Waals surface area contributed by atoms with Crippen molar-refractivity contribution in [2.45, 2.75) is 0 Å². The molecule has 0 spiro atoms. The number of nitrogens with zero attached hydrogens (tertiary/aromatic N) is 1. The van der Waals surface area contributed by atoms with Crippen LogP contribution in [0.2, 0.25) is 0 Å². The first-order chi connectivity index (χ1) is 10.8. The maximum Gasteiger partial charge on any atom is 0.174 e. The lowest BCUT2D eigenvalue weighted by molar-refractivity contribution is 0.416. The fraction of sp³-hybridized carbons (Fsp3) is 0.0556. The number of ether oxygens (including phenoxy) is 1. The van der Waals surface area contributed by atoms with Crippen LogP contribution >= 0.6 is 7.14 Å². The van der Waals surface area contributed by atoms with Crippen LogP contribution in [-0.2, 0) is 4.57 Å². The van der Waals surface area contributed by atoms with Crippen molar-refractivity contribution in [3.63, 3.8) is 0 Å². The molecule has 1 aromatic heterocycles. The lowest BCUT2D eigenvalue weighted by Crippen LogP contribution is -2.26. The van der Waals surface area contributed by atoms with Gasteiger partial charge in [-0.3, -0.25) is 4.98 Å². The molecule has 0 fully saturated rings. The fourth-order valence-electron chi connectivity index (χ4n) is 2.49. The van der Waals surface area contributed by atoms with Crippen molar-refractivity contribution in [2.24, 2.45) is 0 Å². The zero-order valence-electron chi connectivity index (χ0n) is 12.2. The average Bonchev–Trinajstić information content (AvgIpc) is 2.62. The van der Waals surface area contributed by atoms with E-state index in [-0.39, 0.29) is 0 Å². The molecule has 0 saturated heterocycles. The molecule has 0 unspecified atom stereocenters. The van der Waals surface area contributed by atoms with Gasteiger partial charge >= 0.3 is 0 Å². The molecule has 0 N–H and O–H groups in total. The van der Waals surface area contributed by atoms with Crippen LogP contribution in [-0.4, -0.2) is 12.1 Å². The molecule has 110 valence electrons. The second kappa shape index (κ2) is 6.17. The molecule has 2 aromatic carbocycles. The molecule has 3 nitrogen and oxygen atoms in total. The van der Waals surface area contributed by atoms with Gasteiger partial charge in [0.05, 0.1) is 18.6 Å². The number of pyridine rings is 1. The van der Waals surface area contributed by atoms with Crippen LogP contribution in [0, 0.1) is 0 Å². The van der Waals surface area contributed by atoms with Gasteiger partial charge in [-0.15, -0.1) is 0 Å². The monoisotopic (exact) mass is 309 g/mol. The lowest BCUT2D eigenvalue weighted by atomic mass is 10.4. The van der Waals surface area contributed by atoms with E-state index < -0.39 is 7.14 Å². The molecular formula is C18H16NO2P. The Morgan fingerprint density at radius 1 is 0.864 bits per heavy atom. The Hall–Kier alpha value is -2.38. The summed E-state index contributed by atoms with van der Waals surface area (Å²) >= 11 is 0. The molecule has 0 atom stereocenters. The molecule has 0 radical (unpaired) electrons. The van der Waals surface area contributed by atoms with Gasteiger partial charge in [-0.05, 0) is 6.07 Å². The summed E-state index contributed by atoms with van der Waals surface area (Å²) in [6, 6.07) is 20.8. The van der Waals surface area contributed by atoms with Gasteiger partial charge in [0, 0.05) is 16.8 Å². The Labute approximate surface area is 130 Å². The van der Waals surface area contributed by atoms with Crippen LogP contribution in [0.15, 0.2) is 79.1 Å². The van der Waals surface area contributed by atoms with Gasteiger partial charge in [-0.1, -0.05) is 60.7 Å². The molecule has 0 aliphatic heterocycles. The topological polar surface area (TPSA) is 39.2 Å². The van der Waals surface area contributed by atoms with E-state index in [1.807, 2.05) is 60.7 Å². The summed E-state index contributed by atoms with van der Waals surface area (Å²) in [5.41, 5.74) is 0. The first-order valence-electron chi connectivity index (χ1n) is 6.96. The standard InChI is InChI=1S/C18H16NO2P/c1-21-17-14-19-13-12-18(17)22(20,15-8-4-2-5-9-15)16-10-6-3-7-11-16/h2-14H,1H3. The first kappa shape index (κ1) is 14.6. The lowest BCUT2D eigenvalue weighted by Gasteiger charge is -2.21. The van der Waals surface area contributed by atoms with Gasteiger partial charge in [-0.2, -0.15) is 0 Å². The molecule has 0 aliphatic rings. The van der Waals surface area contributed by atoms with E-state index in [1.54, 1.807) is 25.6 Å². The number of hydrogen-bond acceptors (Lipinski definition) is 3. The molecule has 1 heterocycles. The zero-order valence-corrected chi connectivity index (χ0v) is 13.1. The van der Waals surface area contributed by atoms with E-state index in [0.29, 0.717) is 11.1 Å². The van der Waals surface area contributed by atoms with Crippen molar-refractivity contribution in [3.8, 4) is 5.75 Å². The number of benzene rings is 2. The average molecular weight is 309 g/mol. The SMILES string of the molecule is COc1cnccc1P(=O)(c1ccccc1)c1ccccc1. The van der Waals surface area contributed by atoms with Gasteiger partial charge in [-0.25, -0.2) is 0 Å². The number of methoxy groups -OCH3 is 1. The molecule has 0 saturated carbocycles. The summed E-state index contributed by atoms with van der Waals surface area (Å²) in [6.07, 6.45) is 3.25. The minimum absolute atomic E-state index is 0.540. The first-order valence-corrected chi connectivity index (χ1v) is 8.67. The van der Waals surface area contributed by atoms with Crippen molar-refractivity contribution < 1.29 is 9.30 Å². The summed E-state index contributed by atoms with van der Waals surface area (Å²) < 4.78 is 19.5. The molecular weight excluding hydrogens is 293 g/mol. The van der Waals surface area contributed by atoms with Crippen molar-refractivity contribution >= 4 is 23.1 Å². The van der Waals surface area contributed by atoms with E-state index in [0.717, 1.165) is 10.6 Å². The summed E-state index contributed by atoms with van der Waals surface area (Å²) in [6.45, 7) is 0. The highest BCUT2D eigenvalue weighted by Crippen LogP contribution is 2.44. The van der Waals surface area contributed by atoms with E-state index in [2.05, 4.69) is 4.98 Å². The third-order valence-electron chi connectivity index (χ3n) is 3.56. The maximum atomic E-state index is 14.1. The van der Waals surface area contributed by atoms with E-state index in [1.165, 1.54) is 0 Å². The Bertz CT molecular complexity index is 760. The molecule has 0 amide bonds. The minimum atomic E-state index is -3.00. The van der Waals surface area contributed by atoms with E-state index in [4.69, 9.17) is 4.74 Å². The van der Waals surface area contributed by atoms with Crippen molar-refractivity contribution in [1.29, 1.82) is 0 Å². The normalized spacial score (nSPS) is 11.1.